The SMILES string of the molecule is COc1ccc2c(C)c(CCC(=O)Nc3ccc(F)c(Cl)c3)c(=O)oc2c1. The molecule has 0 saturated carbocycles. The summed E-state index contributed by atoms with van der Waals surface area (Å²) in [7, 11) is 1.54. The van der Waals surface area contributed by atoms with Crippen LogP contribution < -0.4 is 15.7 Å². The third kappa shape index (κ3) is 4.11. The van der Waals surface area contributed by atoms with Gasteiger partial charge in [0.1, 0.15) is 17.1 Å². The number of benzene rings is 2. The number of rotatable bonds is 5. The number of carbonyl (C=O) groups is 1. The molecule has 1 amide bonds. The van der Waals surface area contributed by atoms with Gasteiger partial charge in [-0.15, -0.1) is 0 Å². The maximum Gasteiger partial charge on any atom is 0.339 e. The summed E-state index contributed by atoms with van der Waals surface area (Å²) < 4.78 is 23.7. The number of halogens is 2. The van der Waals surface area contributed by atoms with Gasteiger partial charge in [0.05, 0.1) is 12.1 Å². The summed E-state index contributed by atoms with van der Waals surface area (Å²) in [6.07, 6.45) is 0.291. The number of nitrogens with one attached hydrogen (secondary N) is 1. The molecule has 0 radical (unpaired) electrons. The highest BCUT2D eigenvalue weighted by Gasteiger charge is 2.14. The van der Waals surface area contributed by atoms with Crippen molar-refractivity contribution in [2.45, 2.75) is 19.8 Å². The molecule has 7 heteroatoms. The molecule has 0 spiro atoms. The van der Waals surface area contributed by atoms with Crippen LogP contribution in [0.15, 0.2) is 45.6 Å². The van der Waals surface area contributed by atoms with Gasteiger partial charge in [0.15, 0.2) is 0 Å². The number of hydrogen-bond acceptors (Lipinski definition) is 4. The first-order valence-electron chi connectivity index (χ1n) is 8.24. The van der Waals surface area contributed by atoms with Crippen LogP contribution in [0.3, 0.4) is 0 Å². The third-order valence-corrected chi connectivity index (χ3v) is 4.59. The first-order valence-corrected chi connectivity index (χ1v) is 8.62. The van der Waals surface area contributed by atoms with Gasteiger partial charge in [0, 0.05) is 29.1 Å². The zero-order valence-corrected chi connectivity index (χ0v) is 15.5. The molecular weight excluding hydrogens is 373 g/mol. The lowest BCUT2D eigenvalue weighted by atomic mass is 10.0. The van der Waals surface area contributed by atoms with Crippen LogP contribution in [0.2, 0.25) is 5.02 Å². The molecule has 2 aromatic carbocycles. The molecule has 1 N–H and O–H groups in total. The molecule has 0 unspecified atom stereocenters. The monoisotopic (exact) mass is 389 g/mol. The van der Waals surface area contributed by atoms with E-state index in [1.165, 1.54) is 25.3 Å². The van der Waals surface area contributed by atoms with Gasteiger partial charge < -0.3 is 14.5 Å². The molecular formula is C20H17ClFNO4. The zero-order chi connectivity index (χ0) is 19.6. The van der Waals surface area contributed by atoms with Crippen molar-refractivity contribution in [3.8, 4) is 5.75 Å². The van der Waals surface area contributed by atoms with E-state index >= 15 is 0 Å². The van der Waals surface area contributed by atoms with Crippen molar-refractivity contribution in [1.29, 1.82) is 0 Å². The highest BCUT2D eigenvalue weighted by Crippen LogP contribution is 2.24. The fraction of sp³-hybridized carbons (Fsp3) is 0.200. The van der Waals surface area contributed by atoms with Crippen LogP contribution in [0.4, 0.5) is 10.1 Å². The van der Waals surface area contributed by atoms with Crippen LogP contribution in [-0.4, -0.2) is 13.0 Å². The fourth-order valence-electron chi connectivity index (χ4n) is 2.83. The van der Waals surface area contributed by atoms with Crippen molar-refractivity contribution in [3.05, 3.63) is 68.8 Å². The molecule has 0 fully saturated rings. The van der Waals surface area contributed by atoms with Crippen LogP contribution in [0, 0.1) is 12.7 Å². The van der Waals surface area contributed by atoms with E-state index < -0.39 is 11.4 Å². The van der Waals surface area contributed by atoms with E-state index in [0.29, 0.717) is 22.6 Å². The predicted molar refractivity (Wildman–Crippen MR) is 102 cm³/mol. The van der Waals surface area contributed by atoms with Crippen molar-refractivity contribution in [3.63, 3.8) is 0 Å². The molecule has 27 heavy (non-hydrogen) atoms. The first kappa shape index (κ1) is 18.9. The number of ether oxygens (including phenoxy) is 1. The van der Waals surface area contributed by atoms with Crippen molar-refractivity contribution < 1.29 is 18.3 Å². The van der Waals surface area contributed by atoms with E-state index in [1.807, 2.05) is 13.0 Å². The third-order valence-electron chi connectivity index (χ3n) is 4.30. The second-order valence-corrected chi connectivity index (χ2v) is 6.44. The van der Waals surface area contributed by atoms with E-state index in [2.05, 4.69) is 5.32 Å². The minimum absolute atomic E-state index is 0.0717. The maximum absolute atomic E-state index is 13.2. The average molecular weight is 390 g/mol. The molecule has 140 valence electrons. The van der Waals surface area contributed by atoms with Gasteiger partial charge in [-0.2, -0.15) is 0 Å². The molecule has 3 rings (SSSR count). The lowest BCUT2D eigenvalue weighted by Crippen LogP contribution is -2.16. The molecule has 1 aromatic heterocycles. The summed E-state index contributed by atoms with van der Waals surface area (Å²) in [5.41, 5.74) is 1.55. The molecule has 0 aliphatic rings. The zero-order valence-electron chi connectivity index (χ0n) is 14.8. The molecule has 0 atom stereocenters. The van der Waals surface area contributed by atoms with Crippen LogP contribution in [0.1, 0.15) is 17.5 Å². The van der Waals surface area contributed by atoms with Gasteiger partial charge in [-0.05, 0) is 49.2 Å². The van der Waals surface area contributed by atoms with Crippen molar-refractivity contribution in [2.24, 2.45) is 0 Å². The van der Waals surface area contributed by atoms with E-state index in [1.54, 1.807) is 12.1 Å². The Labute approximate surface area is 159 Å². The minimum Gasteiger partial charge on any atom is -0.497 e. The Morgan fingerprint density at radius 1 is 1.26 bits per heavy atom. The summed E-state index contributed by atoms with van der Waals surface area (Å²) in [6.45, 7) is 1.82. The summed E-state index contributed by atoms with van der Waals surface area (Å²) >= 11 is 5.70. The number of fused-ring (bicyclic) bond motifs is 1. The van der Waals surface area contributed by atoms with Gasteiger partial charge >= 0.3 is 5.63 Å². The Morgan fingerprint density at radius 2 is 2.04 bits per heavy atom. The maximum atomic E-state index is 13.2. The highest BCUT2D eigenvalue weighted by atomic mass is 35.5. The van der Waals surface area contributed by atoms with E-state index in [4.69, 9.17) is 20.8 Å². The van der Waals surface area contributed by atoms with Crippen LogP contribution in [0.5, 0.6) is 5.75 Å². The molecule has 1 heterocycles. The standard InChI is InChI=1S/C20H17ClFNO4/c1-11-14-5-4-13(26-2)10-18(14)27-20(25)15(11)6-8-19(24)23-12-3-7-17(22)16(21)9-12/h3-5,7,9-10H,6,8H2,1-2H3,(H,23,24). The van der Waals surface area contributed by atoms with Crippen molar-refractivity contribution in [1.82, 2.24) is 0 Å². The van der Waals surface area contributed by atoms with Gasteiger partial charge in [-0.25, -0.2) is 9.18 Å². The first-order chi connectivity index (χ1) is 12.9. The average Bonchev–Trinajstić information content (AvgIpc) is 2.64. The predicted octanol–water partition coefficient (Wildman–Crippen LogP) is 4.47. The number of hydrogen-bond donors (Lipinski definition) is 1. The quantitative estimate of drug-likeness (QED) is 0.653. The largest absolute Gasteiger partial charge is 0.497 e. The summed E-state index contributed by atoms with van der Waals surface area (Å²) in [4.78, 5) is 24.5. The summed E-state index contributed by atoms with van der Waals surface area (Å²) in [6, 6.07) is 9.17. The van der Waals surface area contributed by atoms with Crippen molar-refractivity contribution >= 4 is 34.2 Å². The van der Waals surface area contributed by atoms with Crippen LogP contribution in [-0.2, 0) is 11.2 Å². The molecule has 0 aliphatic heterocycles. The molecule has 0 saturated heterocycles. The normalized spacial score (nSPS) is 10.8. The number of aryl methyl sites for hydroxylation is 1. The second-order valence-electron chi connectivity index (χ2n) is 6.03. The Bertz CT molecular complexity index is 1080. The molecule has 5 nitrogen and oxygen atoms in total. The van der Waals surface area contributed by atoms with Gasteiger partial charge in [-0.3, -0.25) is 4.79 Å². The number of amides is 1. The van der Waals surface area contributed by atoms with E-state index in [9.17, 15) is 14.0 Å². The Kier molecular flexibility index (Phi) is 5.46. The molecule has 0 bridgehead atoms. The lowest BCUT2D eigenvalue weighted by molar-refractivity contribution is -0.116. The number of carbonyl (C=O) groups excluding carboxylic acids is 1. The Balaban J connectivity index is 1.77. The topological polar surface area (TPSA) is 68.5 Å². The Hall–Kier alpha value is -2.86. The second kappa shape index (κ2) is 7.80. The Morgan fingerprint density at radius 3 is 2.74 bits per heavy atom. The van der Waals surface area contributed by atoms with Crippen LogP contribution >= 0.6 is 11.6 Å². The number of methoxy groups -OCH3 is 1. The minimum atomic E-state index is -0.560. The smallest absolute Gasteiger partial charge is 0.339 e. The van der Waals surface area contributed by atoms with E-state index in [-0.39, 0.29) is 23.8 Å². The van der Waals surface area contributed by atoms with Gasteiger partial charge in [0.2, 0.25) is 5.91 Å². The van der Waals surface area contributed by atoms with E-state index in [0.717, 1.165) is 10.9 Å². The fourth-order valence-corrected chi connectivity index (χ4v) is 3.01. The molecule has 3 aromatic rings. The summed E-state index contributed by atoms with van der Waals surface area (Å²) in [5, 5.41) is 3.35. The lowest BCUT2D eigenvalue weighted by Gasteiger charge is -2.09. The highest BCUT2D eigenvalue weighted by molar-refractivity contribution is 6.31. The molecule has 0 aliphatic carbocycles. The van der Waals surface area contributed by atoms with Gasteiger partial charge in [-0.1, -0.05) is 11.6 Å². The van der Waals surface area contributed by atoms with Gasteiger partial charge in [0.25, 0.3) is 0 Å². The van der Waals surface area contributed by atoms with Crippen molar-refractivity contribution in [2.75, 3.05) is 12.4 Å². The summed E-state index contributed by atoms with van der Waals surface area (Å²) in [5.74, 6) is -0.280. The van der Waals surface area contributed by atoms with Crippen LogP contribution in [0.25, 0.3) is 11.0 Å². The number of anilines is 1.